The number of hydrogen-bond donors (Lipinski definition) is 2. The summed E-state index contributed by atoms with van der Waals surface area (Å²) in [5.41, 5.74) is -0.805. The molecule has 3 N–H and O–H groups in total. The number of amides is 2. The average molecular weight is 496 g/mol. The van der Waals surface area contributed by atoms with Crippen molar-refractivity contribution < 1.29 is 26.6 Å². The van der Waals surface area contributed by atoms with Gasteiger partial charge < -0.3 is 5.32 Å². The maximum absolute atomic E-state index is 14.2. The summed E-state index contributed by atoms with van der Waals surface area (Å²) in [7, 11) is -4.11. The Hall–Kier alpha value is -3.32. The van der Waals surface area contributed by atoms with Gasteiger partial charge in [-0.15, -0.1) is 4.36 Å². The van der Waals surface area contributed by atoms with E-state index < -0.39 is 38.7 Å². The minimum Gasteiger partial charge on any atom is -0.304 e. The van der Waals surface area contributed by atoms with Crippen molar-refractivity contribution in [1.29, 1.82) is 0 Å². The maximum Gasteiger partial charge on any atom is 0.434 e. The number of aromatic nitrogens is 3. The summed E-state index contributed by atoms with van der Waals surface area (Å²) in [4.78, 5) is 16.6. The molecule has 0 saturated carbocycles. The standard InChI is InChI=1S/C21H20F4N6O2S/c1-2-31-11-14(22)19(29-31)34(26,33)30-20(32)28-17-13-9-6-10-15(13)27-18(21(23,24)25)16(17)12-7-4-3-5-8-12/h3-5,7-8,11H,2,6,9-10H2,1H3,(H3,26,27,28,30,32,33)/t34-/m1/s1. The summed E-state index contributed by atoms with van der Waals surface area (Å²) in [5, 5.41) is 11.0. The van der Waals surface area contributed by atoms with Gasteiger partial charge in [0.25, 0.3) is 0 Å². The van der Waals surface area contributed by atoms with Gasteiger partial charge in [-0.1, -0.05) is 30.3 Å². The third kappa shape index (κ3) is 4.53. The van der Waals surface area contributed by atoms with Crippen LogP contribution in [0.2, 0.25) is 0 Å². The molecule has 1 aliphatic rings. The van der Waals surface area contributed by atoms with Crippen LogP contribution in [0.4, 0.5) is 28.0 Å². The first-order chi connectivity index (χ1) is 16.0. The highest BCUT2D eigenvalue weighted by Gasteiger charge is 2.39. The number of carbonyl (C=O) groups is 1. The van der Waals surface area contributed by atoms with Crippen molar-refractivity contribution in [3.63, 3.8) is 0 Å². The van der Waals surface area contributed by atoms with Crippen LogP contribution in [-0.4, -0.2) is 25.0 Å². The van der Waals surface area contributed by atoms with Gasteiger partial charge in [-0.2, -0.15) is 18.3 Å². The van der Waals surface area contributed by atoms with Crippen molar-refractivity contribution in [2.45, 2.75) is 43.9 Å². The maximum atomic E-state index is 14.2. The number of pyridine rings is 1. The number of nitrogens with one attached hydrogen (secondary N) is 1. The lowest BCUT2D eigenvalue weighted by Crippen LogP contribution is -2.21. The van der Waals surface area contributed by atoms with Crippen LogP contribution in [0.25, 0.3) is 11.1 Å². The van der Waals surface area contributed by atoms with Gasteiger partial charge in [0, 0.05) is 17.8 Å². The topological polar surface area (TPSA) is 115 Å². The van der Waals surface area contributed by atoms with Gasteiger partial charge in [0.05, 0.1) is 11.9 Å². The van der Waals surface area contributed by atoms with Crippen LogP contribution < -0.4 is 10.5 Å². The van der Waals surface area contributed by atoms with E-state index in [4.69, 9.17) is 5.14 Å². The summed E-state index contributed by atoms with van der Waals surface area (Å²) in [6.07, 6.45) is -2.62. The second-order valence-electron chi connectivity index (χ2n) is 7.58. The summed E-state index contributed by atoms with van der Waals surface area (Å²) in [5.74, 6) is -1.01. The molecule has 0 radical (unpaired) electrons. The Kier molecular flexibility index (Phi) is 6.16. The Morgan fingerprint density at radius 2 is 1.97 bits per heavy atom. The molecule has 4 rings (SSSR count). The molecule has 0 saturated heterocycles. The molecule has 0 fully saturated rings. The quantitative estimate of drug-likeness (QED) is 0.516. The van der Waals surface area contributed by atoms with E-state index in [0.29, 0.717) is 24.8 Å². The number of alkyl halides is 3. The summed E-state index contributed by atoms with van der Waals surface area (Å²) in [6.45, 7) is 1.91. The molecule has 1 aliphatic carbocycles. The Morgan fingerprint density at radius 3 is 2.59 bits per heavy atom. The van der Waals surface area contributed by atoms with Crippen molar-refractivity contribution >= 4 is 21.6 Å². The molecular formula is C21H20F4N6O2S. The Bertz CT molecular complexity index is 1380. The number of benzene rings is 1. The molecule has 34 heavy (non-hydrogen) atoms. The predicted molar refractivity (Wildman–Crippen MR) is 117 cm³/mol. The Balaban J connectivity index is 1.85. The zero-order valence-electron chi connectivity index (χ0n) is 17.9. The monoisotopic (exact) mass is 496 g/mol. The van der Waals surface area contributed by atoms with Gasteiger partial charge in [-0.25, -0.2) is 23.5 Å². The smallest absolute Gasteiger partial charge is 0.304 e. The first kappa shape index (κ1) is 23.8. The molecule has 3 aromatic rings. The number of nitrogens with two attached hydrogens (primary N) is 1. The van der Waals surface area contributed by atoms with Crippen molar-refractivity contribution in [2.24, 2.45) is 9.50 Å². The van der Waals surface area contributed by atoms with Crippen LogP contribution in [0.15, 0.2) is 45.9 Å². The Morgan fingerprint density at radius 1 is 1.26 bits per heavy atom. The van der Waals surface area contributed by atoms with E-state index in [1.54, 1.807) is 25.1 Å². The molecule has 2 amide bonds. The van der Waals surface area contributed by atoms with Gasteiger partial charge >= 0.3 is 12.2 Å². The zero-order valence-corrected chi connectivity index (χ0v) is 18.7. The second-order valence-corrected chi connectivity index (χ2v) is 9.29. The van der Waals surface area contributed by atoms with Crippen molar-refractivity contribution in [2.75, 3.05) is 5.32 Å². The fourth-order valence-corrected chi connectivity index (χ4v) is 4.78. The van der Waals surface area contributed by atoms with E-state index in [0.717, 1.165) is 10.9 Å². The lowest BCUT2D eigenvalue weighted by atomic mass is 9.97. The molecule has 13 heteroatoms. The van der Waals surface area contributed by atoms with Gasteiger partial charge in [-0.05, 0) is 37.3 Å². The van der Waals surface area contributed by atoms with E-state index >= 15 is 0 Å². The highest BCUT2D eigenvalue weighted by molar-refractivity contribution is 7.91. The summed E-state index contributed by atoms with van der Waals surface area (Å²) >= 11 is 0. The molecule has 0 unspecified atom stereocenters. The first-order valence-electron chi connectivity index (χ1n) is 10.3. The molecule has 1 aromatic carbocycles. The minimum atomic E-state index is -4.81. The highest BCUT2D eigenvalue weighted by Crippen LogP contribution is 2.44. The van der Waals surface area contributed by atoms with Gasteiger partial charge in [-0.3, -0.25) is 4.68 Å². The summed E-state index contributed by atoms with van der Waals surface area (Å²) < 4.78 is 73.4. The largest absolute Gasteiger partial charge is 0.434 e. The van der Waals surface area contributed by atoms with E-state index in [9.17, 15) is 26.6 Å². The molecule has 8 nitrogen and oxygen atoms in total. The number of anilines is 1. The second kappa shape index (κ2) is 8.80. The van der Waals surface area contributed by atoms with Crippen LogP contribution in [0.1, 0.15) is 30.3 Å². The highest BCUT2D eigenvalue weighted by atomic mass is 32.2. The van der Waals surface area contributed by atoms with Crippen LogP contribution in [0.3, 0.4) is 0 Å². The molecule has 0 bridgehead atoms. The Labute approximate surface area is 192 Å². The number of fused-ring (bicyclic) bond motifs is 1. The van der Waals surface area contributed by atoms with Crippen LogP contribution >= 0.6 is 0 Å². The molecule has 0 spiro atoms. The number of carbonyl (C=O) groups excluding carboxylic acids is 1. The normalized spacial score (nSPS) is 15.0. The number of rotatable bonds is 4. The van der Waals surface area contributed by atoms with Crippen molar-refractivity contribution in [1.82, 2.24) is 14.8 Å². The minimum absolute atomic E-state index is 0.135. The van der Waals surface area contributed by atoms with E-state index in [1.807, 2.05) is 0 Å². The van der Waals surface area contributed by atoms with E-state index in [-0.39, 0.29) is 29.1 Å². The van der Waals surface area contributed by atoms with Gasteiger partial charge in [0.1, 0.15) is 0 Å². The molecule has 2 aromatic heterocycles. The fourth-order valence-electron chi connectivity index (χ4n) is 3.85. The predicted octanol–water partition coefficient (Wildman–Crippen LogP) is 4.54. The molecule has 1 atom stereocenters. The molecule has 0 aliphatic heterocycles. The number of nitrogens with zero attached hydrogens (tertiary/aromatic N) is 4. The lowest BCUT2D eigenvalue weighted by Gasteiger charge is -2.20. The van der Waals surface area contributed by atoms with E-state index in [1.165, 1.54) is 12.1 Å². The number of aryl methyl sites for hydroxylation is 2. The van der Waals surface area contributed by atoms with Crippen molar-refractivity contribution in [3.8, 4) is 11.1 Å². The number of halogens is 4. The number of urea groups is 1. The molecule has 180 valence electrons. The van der Waals surface area contributed by atoms with Crippen molar-refractivity contribution in [3.05, 3.63) is 59.3 Å². The SMILES string of the molecule is CCn1cc(F)c([S@](N)(=O)=NC(=O)Nc2c3c(nc(C(F)(F)F)c2-c2ccccc2)CCC3)n1. The van der Waals surface area contributed by atoms with Gasteiger partial charge in [0.15, 0.2) is 21.4 Å². The fraction of sp³-hybridized carbons (Fsp3) is 0.286. The molecular weight excluding hydrogens is 476 g/mol. The third-order valence-electron chi connectivity index (χ3n) is 5.29. The van der Waals surface area contributed by atoms with E-state index in [2.05, 4.69) is 19.8 Å². The van der Waals surface area contributed by atoms with Crippen LogP contribution in [0, 0.1) is 5.82 Å². The summed E-state index contributed by atoms with van der Waals surface area (Å²) in [6, 6.07) is 6.37. The van der Waals surface area contributed by atoms with Gasteiger partial charge in [0.2, 0.25) is 5.03 Å². The lowest BCUT2D eigenvalue weighted by molar-refractivity contribution is -0.140. The zero-order chi connectivity index (χ0) is 24.7. The molecule has 2 heterocycles. The number of hydrogen-bond acceptors (Lipinski definition) is 4. The third-order valence-corrected chi connectivity index (χ3v) is 6.56. The van der Waals surface area contributed by atoms with Crippen LogP contribution in [0.5, 0.6) is 0 Å². The van der Waals surface area contributed by atoms with Crippen LogP contribution in [-0.2, 0) is 35.5 Å². The average Bonchev–Trinajstić information content (AvgIpc) is 3.39. The first-order valence-corrected chi connectivity index (χ1v) is 11.9.